The second-order valence-electron chi connectivity index (χ2n) is 5.60. The Kier molecular flexibility index (Phi) is 3.44. The second kappa shape index (κ2) is 5.73. The molecular weight excluding hydrogens is 276 g/mol. The first-order valence-corrected chi connectivity index (χ1v) is 7.66. The smallest absolute Gasteiger partial charge is 0.151 e. The van der Waals surface area contributed by atoms with E-state index in [4.69, 9.17) is 0 Å². The molecule has 0 bridgehead atoms. The van der Waals surface area contributed by atoms with Crippen LogP contribution < -0.4 is 5.43 Å². The Balaban J connectivity index is 1.72. The monoisotopic (exact) mass is 294 g/mol. The first-order chi connectivity index (χ1) is 10.9. The van der Waals surface area contributed by atoms with Gasteiger partial charge >= 0.3 is 0 Å². The van der Waals surface area contributed by atoms with E-state index < -0.39 is 0 Å². The summed E-state index contributed by atoms with van der Waals surface area (Å²) in [6.07, 6.45) is 9.11. The van der Waals surface area contributed by atoms with E-state index in [1.165, 1.54) is 19.3 Å². The first kappa shape index (κ1) is 13.2. The molecule has 0 spiro atoms. The van der Waals surface area contributed by atoms with Crippen LogP contribution in [-0.4, -0.2) is 38.3 Å². The summed E-state index contributed by atoms with van der Waals surface area (Å²) < 4.78 is 0. The molecule has 4 rings (SSSR count). The molecule has 0 saturated carbocycles. The molecule has 2 aromatic heterocycles. The summed E-state index contributed by atoms with van der Waals surface area (Å²) in [6.45, 7) is 2.12. The highest BCUT2D eigenvalue weighted by Gasteiger charge is 2.13. The summed E-state index contributed by atoms with van der Waals surface area (Å²) in [5, 5.41) is 10.1. The molecule has 3 aromatic rings. The minimum absolute atomic E-state index is 0.872. The maximum Gasteiger partial charge on any atom is 0.151 e. The van der Waals surface area contributed by atoms with Crippen molar-refractivity contribution in [2.75, 3.05) is 18.5 Å². The van der Waals surface area contributed by atoms with Crippen molar-refractivity contribution in [3.8, 4) is 11.1 Å². The zero-order valence-electron chi connectivity index (χ0n) is 12.3. The predicted molar refractivity (Wildman–Crippen MR) is 86.2 cm³/mol. The average molecular weight is 294 g/mol. The fourth-order valence-electron chi connectivity index (χ4n) is 2.89. The van der Waals surface area contributed by atoms with Crippen LogP contribution in [0, 0.1) is 0 Å². The van der Waals surface area contributed by atoms with Gasteiger partial charge in [-0.2, -0.15) is 5.10 Å². The van der Waals surface area contributed by atoms with Crippen molar-refractivity contribution in [3.05, 3.63) is 36.9 Å². The summed E-state index contributed by atoms with van der Waals surface area (Å²) in [5.41, 5.74) is 6.57. The van der Waals surface area contributed by atoms with E-state index in [-0.39, 0.29) is 0 Å². The summed E-state index contributed by atoms with van der Waals surface area (Å²) in [5.74, 6) is 0.872. The van der Waals surface area contributed by atoms with Crippen LogP contribution in [0.2, 0.25) is 0 Å². The van der Waals surface area contributed by atoms with Gasteiger partial charge in [0.05, 0.1) is 11.7 Å². The number of piperidine rings is 1. The molecule has 0 amide bonds. The molecule has 1 fully saturated rings. The number of hydrogen-bond acceptors (Lipinski definition) is 5. The number of nitrogens with zero attached hydrogens (tertiary/aromatic N) is 4. The van der Waals surface area contributed by atoms with E-state index in [1.807, 2.05) is 18.5 Å². The summed E-state index contributed by atoms with van der Waals surface area (Å²) in [4.78, 5) is 8.80. The molecule has 0 aliphatic carbocycles. The van der Waals surface area contributed by atoms with Crippen molar-refractivity contribution < 1.29 is 0 Å². The molecule has 1 aliphatic rings. The van der Waals surface area contributed by atoms with Crippen LogP contribution in [0.3, 0.4) is 0 Å². The van der Waals surface area contributed by atoms with Gasteiger partial charge in [-0.25, -0.2) is 15.0 Å². The van der Waals surface area contributed by atoms with Crippen molar-refractivity contribution >= 4 is 16.7 Å². The topological polar surface area (TPSA) is 69.7 Å². The van der Waals surface area contributed by atoms with E-state index in [2.05, 4.69) is 42.7 Å². The Hall–Kier alpha value is -2.47. The van der Waals surface area contributed by atoms with Gasteiger partial charge in [0.25, 0.3) is 0 Å². The first-order valence-electron chi connectivity index (χ1n) is 7.66. The number of H-pyrrole nitrogens is 1. The zero-order valence-corrected chi connectivity index (χ0v) is 12.3. The molecule has 0 radical (unpaired) electrons. The predicted octanol–water partition coefficient (Wildman–Crippen LogP) is 2.83. The Morgan fingerprint density at radius 2 is 1.95 bits per heavy atom. The van der Waals surface area contributed by atoms with E-state index in [1.54, 1.807) is 6.33 Å². The fourth-order valence-corrected chi connectivity index (χ4v) is 2.89. The molecule has 22 heavy (non-hydrogen) atoms. The number of hydrogen-bond donors (Lipinski definition) is 2. The number of aromatic nitrogens is 4. The lowest BCUT2D eigenvalue weighted by atomic mass is 10.1. The van der Waals surface area contributed by atoms with E-state index in [0.29, 0.717) is 0 Å². The second-order valence-corrected chi connectivity index (χ2v) is 5.60. The van der Waals surface area contributed by atoms with Gasteiger partial charge in [-0.3, -0.25) is 5.10 Å². The Morgan fingerprint density at radius 3 is 2.77 bits per heavy atom. The van der Waals surface area contributed by atoms with Gasteiger partial charge in [0.1, 0.15) is 6.33 Å². The molecule has 1 aliphatic heterocycles. The molecule has 6 heteroatoms. The van der Waals surface area contributed by atoms with Crippen molar-refractivity contribution in [2.24, 2.45) is 0 Å². The molecule has 1 saturated heterocycles. The van der Waals surface area contributed by atoms with Gasteiger partial charge in [0.15, 0.2) is 5.82 Å². The van der Waals surface area contributed by atoms with Crippen LogP contribution >= 0.6 is 0 Å². The lowest BCUT2D eigenvalue weighted by Crippen LogP contribution is -2.35. The Morgan fingerprint density at radius 1 is 1.05 bits per heavy atom. The normalized spacial score (nSPS) is 16.0. The fraction of sp³-hybridized carbons (Fsp3) is 0.312. The van der Waals surface area contributed by atoms with Gasteiger partial charge in [-0.15, -0.1) is 0 Å². The van der Waals surface area contributed by atoms with Crippen molar-refractivity contribution in [2.45, 2.75) is 19.3 Å². The van der Waals surface area contributed by atoms with Crippen LogP contribution in [0.1, 0.15) is 19.3 Å². The van der Waals surface area contributed by atoms with Crippen LogP contribution in [0.4, 0.5) is 5.82 Å². The molecule has 0 atom stereocenters. The largest absolute Gasteiger partial charge is 0.302 e. The highest BCUT2D eigenvalue weighted by Crippen LogP contribution is 2.26. The summed E-state index contributed by atoms with van der Waals surface area (Å²) >= 11 is 0. The SMILES string of the molecule is c1nc(NN2CCCCC2)c2cc(-c3cn[nH]c3)ccc2n1. The third kappa shape index (κ3) is 2.53. The van der Waals surface area contributed by atoms with Crippen molar-refractivity contribution in [1.82, 2.24) is 25.2 Å². The number of aromatic amines is 1. The molecule has 1 aromatic carbocycles. The standard InChI is InChI=1S/C16H18N6/c1-2-6-22(7-3-1)21-16-14-8-12(13-9-19-20-10-13)4-5-15(14)17-11-18-16/h4-5,8-11H,1-3,6-7H2,(H,19,20)(H,17,18,21). The Labute approximate surface area is 128 Å². The van der Waals surface area contributed by atoms with Crippen LogP contribution in [0.15, 0.2) is 36.9 Å². The van der Waals surface area contributed by atoms with E-state index in [9.17, 15) is 0 Å². The maximum atomic E-state index is 4.44. The third-order valence-electron chi connectivity index (χ3n) is 4.09. The van der Waals surface area contributed by atoms with Gasteiger partial charge in [-0.05, 0) is 30.5 Å². The number of nitrogens with one attached hydrogen (secondary N) is 2. The summed E-state index contributed by atoms with van der Waals surface area (Å²) in [7, 11) is 0. The average Bonchev–Trinajstić information content (AvgIpc) is 3.10. The lowest BCUT2D eigenvalue weighted by Gasteiger charge is -2.27. The molecule has 3 heterocycles. The van der Waals surface area contributed by atoms with Gasteiger partial charge < -0.3 is 5.43 Å². The number of anilines is 1. The maximum absolute atomic E-state index is 4.44. The van der Waals surface area contributed by atoms with E-state index in [0.717, 1.165) is 40.9 Å². The highest BCUT2D eigenvalue weighted by molar-refractivity contribution is 5.92. The van der Waals surface area contributed by atoms with Gasteiger partial charge in [0, 0.05) is 30.2 Å². The number of benzene rings is 1. The van der Waals surface area contributed by atoms with Crippen molar-refractivity contribution in [3.63, 3.8) is 0 Å². The molecule has 112 valence electrons. The zero-order chi connectivity index (χ0) is 14.8. The van der Waals surface area contributed by atoms with E-state index >= 15 is 0 Å². The summed E-state index contributed by atoms with van der Waals surface area (Å²) in [6, 6.07) is 6.21. The van der Waals surface area contributed by atoms with Crippen LogP contribution in [-0.2, 0) is 0 Å². The minimum atomic E-state index is 0.872. The minimum Gasteiger partial charge on any atom is -0.302 e. The number of rotatable bonds is 3. The van der Waals surface area contributed by atoms with Gasteiger partial charge in [-0.1, -0.05) is 12.5 Å². The third-order valence-corrected chi connectivity index (χ3v) is 4.09. The molecule has 0 unspecified atom stereocenters. The van der Waals surface area contributed by atoms with Crippen molar-refractivity contribution in [1.29, 1.82) is 0 Å². The molecule has 2 N–H and O–H groups in total. The molecular formula is C16H18N6. The van der Waals surface area contributed by atoms with Gasteiger partial charge in [0.2, 0.25) is 0 Å². The van der Waals surface area contributed by atoms with Crippen LogP contribution in [0.25, 0.3) is 22.0 Å². The molecule has 6 nitrogen and oxygen atoms in total. The number of hydrazine groups is 1. The number of fused-ring (bicyclic) bond motifs is 1. The quantitative estimate of drug-likeness (QED) is 0.777. The van der Waals surface area contributed by atoms with Crippen LogP contribution in [0.5, 0.6) is 0 Å². The lowest BCUT2D eigenvalue weighted by molar-refractivity contribution is 0.272. The Bertz CT molecular complexity index is 761. The highest BCUT2D eigenvalue weighted by atomic mass is 15.5.